The van der Waals surface area contributed by atoms with Crippen molar-refractivity contribution in [1.82, 2.24) is 0 Å². The minimum absolute atomic E-state index is 0.107. The van der Waals surface area contributed by atoms with Gasteiger partial charge in [0.1, 0.15) is 19.3 Å². The Kier molecular flexibility index (Phi) is 73.4. The third kappa shape index (κ3) is 79.9. The van der Waals surface area contributed by atoms with Crippen LogP contribution in [0.2, 0.25) is 0 Å². The first-order valence-electron chi connectivity index (χ1n) is 44.2. The number of carbonyl (C=O) groups is 4. The van der Waals surface area contributed by atoms with Gasteiger partial charge in [-0.25, -0.2) is 9.13 Å². The quantitative estimate of drug-likeness (QED) is 0.0222. The molecule has 0 aromatic carbocycles. The number of esters is 4. The summed E-state index contributed by atoms with van der Waals surface area (Å²) < 4.78 is 68.8. The van der Waals surface area contributed by atoms with Gasteiger partial charge in [0.05, 0.1) is 26.4 Å². The van der Waals surface area contributed by atoms with Crippen molar-refractivity contribution >= 4 is 39.5 Å². The fourth-order valence-electron chi connectivity index (χ4n) is 13.3. The standard InChI is InChI=1S/C86H168O17P2/c1-76(2)62-54-46-38-31-25-21-17-13-9-11-15-19-23-27-35-43-52-60-68-85(90)102-81(72-96-83(88)66-58-50-42-34-30-29-33-40-48-56-64-78(5)6)74-100-104(92,93)98-70-80(87)71-99-105(94,95)101-75-82(73-97-84(89)67-59-51-45-37-41-49-57-65-79(7)8)103-86(91)69-61-53-44-36-28-24-20-16-12-10-14-18-22-26-32-39-47-55-63-77(3)4/h76-82,87H,9-75H2,1-8H3,(H,92,93)(H,94,95)/t80?,81-,82-/m1/s1. The number of aliphatic hydroxyl groups excluding tert-OH is 1. The second-order valence-corrected chi connectivity index (χ2v) is 35.7. The lowest BCUT2D eigenvalue weighted by Crippen LogP contribution is -2.30. The Morgan fingerprint density at radius 1 is 0.238 bits per heavy atom. The van der Waals surface area contributed by atoms with Crippen LogP contribution in [0.1, 0.15) is 447 Å². The van der Waals surface area contributed by atoms with Crippen LogP contribution < -0.4 is 0 Å². The van der Waals surface area contributed by atoms with Crippen molar-refractivity contribution in [3.8, 4) is 0 Å². The molecule has 19 heteroatoms. The molecule has 0 radical (unpaired) electrons. The molecule has 3 N–H and O–H groups in total. The van der Waals surface area contributed by atoms with Crippen LogP contribution in [0.3, 0.4) is 0 Å². The molecule has 0 heterocycles. The minimum Gasteiger partial charge on any atom is -0.462 e. The Bertz CT molecular complexity index is 2040. The van der Waals surface area contributed by atoms with E-state index in [1.165, 1.54) is 244 Å². The van der Waals surface area contributed by atoms with Crippen molar-refractivity contribution in [2.45, 2.75) is 465 Å². The Labute approximate surface area is 645 Å². The lowest BCUT2D eigenvalue weighted by molar-refractivity contribution is -0.161. The summed E-state index contributed by atoms with van der Waals surface area (Å²) >= 11 is 0. The third-order valence-electron chi connectivity index (χ3n) is 20.1. The molecule has 0 aliphatic rings. The summed E-state index contributed by atoms with van der Waals surface area (Å²) in [5.41, 5.74) is 0. The van der Waals surface area contributed by atoms with Gasteiger partial charge in [-0.05, 0) is 49.4 Å². The molecule has 0 bridgehead atoms. The van der Waals surface area contributed by atoms with E-state index in [1.54, 1.807) is 0 Å². The number of carbonyl (C=O) groups excluding carboxylic acids is 4. The second-order valence-electron chi connectivity index (χ2n) is 32.8. The van der Waals surface area contributed by atoms with E-state index in [2.05, 4.69) is 55.4 Å². The van der Waals surface area contributed by atoms with Gasteiger partial charge in [0.2, 0.25) is 0 Å². The SMILES string of the molecule is CC(C)CCCCCCCCCCCCCCCCCCCCC(=O)O[C@H](COC(=O)CCCCCCCCCCCCC(C)C)COP(=O)(O)OCC(O)COP(=O)(O)OC[C@@H](COC(=O)CCCCCCCCCC(C)C)OC(=O)CCCCCCCCCCCCCCCCCCCCC(C)C. The maximum atomic E-state index is 13.1. The van der Waals surface area contributed by atoms with Gasteiger partial charge >= 0.3 is 39.5 Å². The highest BCUT2D eigenvalue weighted by Gasteiger charge is 2.30. The average Bonchev–Trinajstić information content (AvgIpc) is 0.913. The molecule has 0 aliphatic heterocycles. The van der Waals surface area contributed by atoms with Crippen molar-refractivity contribution in [2.24, 2.45) is 23.7 Å². The maximum Gasteiger partial charge on any atom is 0.472 e. The Balaban J connectivity index is 5.18. The van der Waals surface area contributed by atoms with Crippen molar-refractivity contribution in [3.05, 3.63) is 0 Å². The van der Waals surface area contributed by atoms with Gasteiger partial charge in [-0.1, -0.05) is 396 Å². The van der Waals surface area contributed by atoms with Gasteiger partial charge in [-0.2, -0.15) is 0 Å². The second kappa shape index (κ2) is 74.8. The average molecular weight is 1540 g/mol. The van der Waals surface area contributed by atoms with Crippen LogP contribution in [0.15, 0.2) is 0 Å². The largest absolute Gasteiger partial charge is 0.472 e. The molecule has 105 heavy (non-hydrogen) atoms. The highest BCUT2D eigenvalue weighted by atomic mass is 31.2. The molecule has 3 unspecified atom stereocenters. The van der Waals surface area contributed by atoms with Crippen molar-refractivity contribution in [1.29, 1.82) is 0 Å². The van der Waals surface area contributed by atoms with Crippen molar-refractivity contribution in [2.75, 3.05) is 39.6 Å². The van der Waals surface area contributed by atoms with Crippen LogP contribution in [-0.2, 0) is 65.4 Å². The Morgan fingerprint density at radius 2 is 0.400 bits per heavy atom. The van der Waals surface area contributed by atoms with E-state index >= 15 is 0 Å². The third-order valence-corrected chi connectivity index (χ3v) is 22.0. The number of rotatable bonds is 83. The molecule has 5 atom stereocenters. The number of phosphoric acid groups is 2. The molecule has 624 valence electrons. The summed E-state index contributed by atoms with van der Waals surface area (Å²) in [5.74, 6) is 0.995. The zero-order valence-electron chi connectivity index (χ0n) is 69.4. The molecule has 0 rings (SSSR count). The number of phosphoric ester groups is 2. The fraction of sp³-hybridized carbons (Fsp3) is 0.953. The highest BCUT2D eigenvalue weighted by Crippen LogP contribution is 2.45. The molecule has 0 spiro atoms. The Hall–Kier alpha value is -1.94. The van der Waals surface area contributed by atoms with Gasteiger partial charge in [-0.3, -0.25) is 37.3 Å². The van der Waals surface area contributed by atoms with Crippen molar-refractivity contribution < 1.29 is 80.2 Å². The number of aliphatic hydroxyl groups is 1. The van der Waals surface area contributed by atoms with E-state index in [-0.39, 0.29) is 25.7 Å². The minimum atomic E-state index is -4.96. The maximum absolute atomic E-state index is 13.1. The number of ether oxygens (including phenoxy) is 4. The van der Waals surface area contributed by atoms with Gasteiger partial charge < -0.3 is 33.8 Å². The van der Waals surface area contributed by atoms with Crippen LogP contribution in [0.25, 0.3) is 0 Å². The number of hydrogen-bond acceptors (Lipinski definition) is 15. The summed E-state index contributed by atoms with van der Waals surface area (Å²) in [6.45, 7) is 14.3. The molecular weight excluding hydrogens is 1370 g/mol. The fourth-order valence-corrected chi connectivity index (χ4v) is 14.9. The van der Waals surface area contributed by atoms with E-state index in [1.807, 2.05) is 0 Å². The first kappa shape index (κ1) is 103. The van der Waals surface area contributed by atoms with Crippen LogP contribution in [-0.4, -0.2) is 96.7 Å². The summed E-state index contributed by atoms with van der Waals surface area (Å²) in [4.78, 5) is 73.2. The molecule has 0 aromatic heterocycles. The molecule has 17 nitrogen and oxygen atoms in total. The monoisotopic (exact) mass is 1540 g/mol. The van der Waals surface area contributed by atoms with Gasteiger partial charge in [0.25, 0.3) is 0 Å². The zero-order valence-corrected chi connectivity index (χ0v) is 71.2. The normalized spacial score (nSPS) is 13.9. The van der Waals surface area contributed by atoms with E-state index in [4.69, 9.17) is 37.0 Å². The van der Waals surface area contributed by atoms with Gasteiger partial charge in [-0.15, -0.1) is 0 Å². The van der Waals surface area contributed by atoms with Crippen LogP contribution in [0.4, 0.5) is 0 Å². The first-order chi connectivity index (χ1) is 50.6. The van der Waals surface area contributed by atoms with Crippen LogP contribution in [0, 0.1) is 23.7 Å². The number of unbranched alkanes of at least 4 members (excludes halogenated alkanes) is 49. The van der Waals surface area contributed by atoms with Crippen LogP contribution >= 0.6 is 15.6 Å². The van der Waals surface area contributed by atoms with Crippen LogP contribution in [0.5, 0.6) is 0 Å². The predicted octanol–water partition coefficient (Wildman–Crippen LogP) is 25.9. The van der Waals surface area contributed by atoms with Gasteiger partial charge in [0.15, 0.2) is 12.2 Å². The number of hydrogen-bond donors (Lipinski definition) is 3. The predicted molar refractivity (Wildman–Crippen MR) is 432 cm³/mol. The first-order valence-corrected chi connectivity index (χ1v) is 47.2. The molecule has 0 saturated heterocycles. The Morgan fingerprint density at radius 3 is 0.590 bits per heavy atom. The summed E-state index contributed by atoms with van der Waals surface area (Å²) in [6.07, 6.45) is 64.1. The summed E-state index contributed by atoms with van der Waals surface area (Å²) in [7, 11) is -9.93. The molecule has 0 amide bonds. The van der Waals surface area contributed by atoms with E-state index in [9.17, 15) is 43.2 Å². The lowest BCUT2D eigenvalue weighted by atomic mass is 10.0. The summed E-state index contributed by atoms with van der Waals surface area (Å²) in [6, 6.07) is 0. The van der Waals surface area contributed by atoms with Crippen molar-refractivity contribution in [3.63, 3.8) is 0 Å². The lowest BCUT2D eigenvalue weighted by Gasteiger charge is -2.21. The van der Waals surface area contributed by atoms with Gasteiger partial charge in [0, 0.05) is 25.7 Å². The molecule has 0 aromatic rings. The smallest absolute Gasteiger partial charge is 0.462 e. The van der Waals surface area contributed by atoms with E-state index in [0.717, 1.165) is 114 Å². The van der Waals surface area contributed by atoms with E-state index in [0.29, 0.717) is 31.6 Å². The summed E-state index contributed by atoms with van der Waals surface area (Å²) in [5, 5.41) is 10.7. The molecular formula is C86H168O17P2. The topological polar surface area (TPSA) is 237 Å². The molecule has 0 fully saturated rings. The molecule has 0 saturated carbocycles. The highest BCUT2D eigenvalue weighted by molar-refractivity contribution is 7.47. The van der Waals surface area contributed by atoms with E-state index < -0.39 is 97.5 Å². The molecule has 0 aliphatic carbocycles. The zero-order chi connectivity index (χ0) is 77.4.